The summed E-state index contributed by atoms with van der Waals surface area (Å²) >= 11 is 0. The molecule has 0 aromatic carbocycles. The van der Waals surface area contributed by atoms with E-state index in [2.05, 4.69) is 20.6 Å². The molecule has 1 aromatic heterocycles. The van der Waals surface area contributed by atoms with Gasteiger partial charge in [-0.15, -0.1) is 0 Å². The number of carboxylic acids is 1. The lowest BCUT2D eigenvalue weighted by molar-refractivity contribution is -0.145. The van der Waals surface area contributed by atoms with Crippen molar-refractivity contribution in [1.82, 2.24) is 25.9 Å². The first kappa shape index (κ1) is 27.5. The fourth-order valence-corrected chi connectivity index (χ4v) is 2.71. The van der Waals surface area contributed by atoms with Crippen LogP contribution in [-0.2, 0) is 30.4 Å². The highest BCUT2D eigenvalue weighted by molar-refractivity contribution is 5.96. The fraction of sp³-hybridized carbons (Fsp3) is 0.556. The van der Waals surface area contributed by atoms with Crippen molar-refractivity contribution in [3.63, 3.8) is 0 Å². The second-order valence-electron chi connectivity index (χ2n) is 7.41. The van der Waals surface area contributed by atoms with Crippen LogP contribution in [0.2, 0.25) is 0 Å². The van der Waals surface area contributed by atoms with Crippen LogP contribution < -0.4 is 27.4 Å². The number of nitrogens with zero attached hydrogens (tertiary/aromatic N) is 1. The molecule has 0 saturated heterocycles. The summed E-state index contributed by atoms with van der Waals surface area (Å²) in [6.07, 6.45) is -0.738. The highest BCUT2D eigenvalue weighted by Gasteiger charge is 2.34. The summed E-state index contributed by atoms with van der Waals surface area (Å²) in [6.45, 7) is 2.31. The van der Waals surface area contributed by atoms with Gasteiger partial charge in [-0.2, -0.15) is 0 Å². The number of aliphatic carboxylic acids is 1. The van der Waals surface area contributed by atoms with Gasteiger partial charge in [0.25, 0.3) is 0 Å². The average Bonchev–Trinajstić information content (AvgIpc) is 3.20. The second-order valence-corrected chi connectivity index (χ2v) is 7.41. The number of aromatic amines is 1. The number of carbonyl (C=O) groups is 5. The number of H-pyrrole nitrogens is 1. The molecule has 184 valence electrons. The molecule has 4 amide bonds. The molecule has 11 N–H and O–H groups in total. The zero-order valence-electron chi connectivity index (χ0n) is 18.0. The van der Waals surface area contributed by atoms with Crippen LogP contribution in [0.25, 0.3) is 0 Å². The standard InChI is InChI=1S/C18H29N7O8/c1-7(26)13(24-15(29)10(19)3-9-5-21-6-22-9)17(31)23-11(4-12(20)28)16(30)25-14(8(2)27)18(32)33/h5-8,10-11,13-14,26-27H,3-4,19H2,1-2H3,(H2,20,28)(H,21,22)(H,23,31)(H,24,29)(H,25,30)(H,32,33). The quantitative estimate of drug-likeness (QED) is 0.133. The monoisotopic (exact) mass is 471 g/mol. The molecular formula is C18H29N7O8. The Bertz CT molecular complexity index is 843. The van der Waals surface area contributed by atoms with Crippen LogP contribution in [0.3, 0.4) is 0 Å². The summed E-state index contributed by atoms with van der Waals surface area (Å²) in [4.78, 5) is 66.6. The first-order valence-electron chi connectivity index (χ1n) is 9.84. The molecule has 1 heterocycles. The Kier molecular flexibility index (Phi) is 10.4. The van der Waals surface area contributed by atoms with Crippen molar-refractivity contribution in [3.05, 3.63) is 18.2 Å². The van der Waals surface area contributed by atoms with Crippen LogP contribution in [-0.4, -0.2) is 91.3 Å². The van der Waals surface area contributed by atoms with Crippen molar-refractivity contribution in [3.8, 4) is 0 Å². The van der Waals surface area contributed by atoms with Gasteiger partial charge in [0.15, 0.2) is 6.04 Å². The van der Waals surface area contributed by atoms with Gasteiger partial charge in [-0.05, 0) is 13.8 Å². The van der Waals surface area contributed by atoms with E-state index in [-0.39, 0.29) is 6.42 Å². The molecule has 0 bridgehead atoms. The minimum Gasteiger partial charge on any atom is -0.480 e. The van der Waals surface area contributed by atoms with Gasteiger partial charge in [0.2, 0.25) is 23.6 Å². The van der Waals surface area contributed by atoms with E-state index in [1.807, 2.05) is 5.32 Å². The molecule has 1 aromatic rings. The average molecular weight is 471 g/mol. The van der Waals surface area contributed by atoms with Crippen LogP contribution in [0, 0.1) is 0 Å². The summed E-state index contributed by atoms with van der Waals surface area (Å²) < 4.78 is 0. The van der Waals surface area contributed by atoms with Gasteiger partial charge in [-0.1, -0.05) is 0 Å². The number of aromatic nitrogens is 2. The summed E-state index contributed by atoms with van der Waals surface area (Å²) in [5, 5.41) is 35.0. The fourth-order valence-electron chi connectivity index (χ4n) is 2.71. The van der Waals surface area contributed by atoms with Crippen molar-refractivity contribution < 1.29 is 39.3 Å². The van der Waals surface area contributed by atoms with E-state index in [1.54, 1.807) is 0 Å². The van der Waals surface area contributed by atoms with Gasteiger partial charge in [0.05, 0.1) is 31.0 Å². The van der Waals surface area contributed by atoms with Gasteiger partial charge < -0.3 is 47.7 Å². The number of primary amides is 1. The van der Waals surface area contributed by atoms with Gasteiger partial charge in [0, 0.05) is 18.3 Å². The smallest absolute Gasteiger partial charge is 0.328 e. The van der Waals surface area contributed by atoms with Crippen LogP contribution >= 0.6 is 0 Å². The number of aliphatic hydroxyl groups excluding tert-OH is 2. The molecule has 6 atom stereocenters. The zero-order valence-corrected chi connectivity index (χ0v) is 18.0. The number of carbonyl (C=O) groups excluding carboxylic acids is 4. The second kappa shape index (κ2) is 12.5. The summed E-state index contributed by atoms with van der Waals surface area (Å²) in [5.41, 5.74) is 11.5. The van der Waals surface area contributed by atoms with E-state index < -0.39 is 72.4 Å². The number of aliphatic hydroxyl groups is 2. The van der Waals surface area contributed by atoms with Gasteiger partial charge in [0.1, 0.15) is 12.1 Å². The molecular weight excluding hydrogens is 442 g/mol. The molecule has 0 aliphatic carbocycles. The third kappa shape index (κ3) is 8.83. The van der Waals surface area contributed by atoms with Crippen molar-refractivity contribution >= 4 is 29.6 Å². The van der Waals surface area contributed by atoms with Gasteiger partial charge in [-0.3, -0.25) is 19.2 Å². The number of hydrogen-bond acceptors (Lipinski definition) is 9. The lowest BCUT2D eigenvalue weighted by Gasteiger charge is -2.26. The molecule has 15 nitrogen and oxygen atoms in total. The van der Waals surface area contributed by atoms with Crippen molar-refractivity contribution in [1.29, 1.82) is 0 Å². The predicted octanol–water partition coefficient (Wildman–Crippen LogP) is -4.54. The molecule has 6 unspecified atom stereocenters. The minimum absolute atomic E-state index is 0.0581. The molecule has 15 heteroatoms. The van der Waals surface area contributed by atoms with Crippen molar-refractivity contribution in [2.45, 2.75) is 63.1 Å². The molecule has 0 spiro atoms. The normalized spacial score (nSPS) is 16.4. The highest BCUT2D eigenvalue weighted by Crippen LogP contribution is 2.03. The Morgan fingerprint density at radius 1 is 1.00 bits per heavy atom. The zero-order chi connectivity index (χ0) is 25.3. The van der Waals surface area contributed by atoms with E-state index in [0.717, 1.165) is 6.92 Å². The molecule has 0 aliphatic heterocycles. The Labute approximate surface area is 188 Å². The molecule has 0 radical (unpaired) electrons. The predicted molar refractivity (Wildman–Crippen MR) is 111 cm³/mol. The number of nitrogens with two attached hydrogens (primary N) is 2. The molecule has 0 fully saturated rings. The number of hydrogen-bond donors (Lipinski definition) is 9. The van der Waals surface area contributed by atoms with Crippen molar-refractivity contribution in [2.24, 2.45) is 11.5 Å². The molecule has 1 rings (SSSR count). The maximum Gasteiger partial charge on any atom is 0.328 e. The number of imidazole rings is 1. The Balaban J connectivity index is 2.91. The molecule has 0 saturated carbocycles. The number of carboxylic acid groups (broad SMARTS) is 1. The molecule has 0 aliphatic rings. The van der Waals surface area contributed by atoms with E-state index in [4.69, 9.17) is 16.6 Å². The summed E-state index contributed by atoms with van der Waals surface area (Å²) in [5.74, 6) is -5.53. The third-order valence-corrected chi connectivity index (χ3v) is 4.48. The van der Waals surface area contributed by atoms with Crippen LogP contribution in [0.5, 0.6) is 0 Å². The van der Waals surface area contributed by atoms with E-state index >= 15 is 0 Å². The van der Waals surface area contributed by atoms with E-state index in [1.165, 1.54) is 19.4 Å². The van der Waals surface area contributed by atoms with Crippen LogP contribution in [0.4, 0.5) is 0 Å². The maximum atomic E-state index is 12.7. The minimum atomic E-state index is -1.72. The number of rotatable bonds is 13. The number of nitrogens with one attached hydrogen (secondary N) is 4. The Morgan fingerprint density at radius 2 is 1.58 bits per heavy atom. The SMILES string of the molecule is CC(O)C(NC(=O)C(CC(N)=O)NC(=O)C(NC(=O)C(N)Cc1cnc[nH]1)C(C)O)C(=O)O. The Hall–Kier alpha value is -3.56. The summed E-state index contributed by atoms with van der Waals surface area (Å²) in [7, 11) is 0. The first-order chi connectivity index (χ1) is 15.3. The van der Waals surface area contributed by atoms with Gasteiger partial charge >= 0.3 is 5.97 Å². The lowest BCUT2D eigenvalue weighted by atomic mass is 10.1. The molecule has 33 heavy (non-hydrogen) atoms. The largest absolute Gasteiger partial charge is 0.480 e. The lowest BCUT2D eigenvalue weighted by Crippen LogP contribution is -2.61. The van der Waals surface area contributed by atoms with Crippen LogP contribution in [0.1, 0.15) is 26.0 Å². The first-order valence-corrected chi connectivity index (χ1v) is 9.84. The van der Waals surface area contributed by atoms with E-state index in [9.17, 15) is 34.2 Å². The highest BCUT2D eigenvalue weighted by atomic mass is 16.4. The van der Waals surface area contributed by atoms with Crippen molar-refractivity contribution in [2.75, 3.05) is 0 Å². The third-order valence-electron chi connectivity index (χ3n) is 4.48. The number of amides is 4. The summed E-state index contributed by atoms with van der Waals surface area (Å²) in [6, 6.07) is -6.04. The van der Waals surface area contributed by atoms with Gasteiger partial charge in [-0.25, -0.2) is 9.78 Å². The topological polar surface area (TPSA) is 263 Å². The van der Waals surface area contributed by atoms with Crippen LogP contribution in [0.15, 0.2) is 12.5 Å². The maximum absolute atomic E-state index is 12.7. The van der Waals surface area contributed by atoms with E-state index in [0.29, 0.717) is 5.69 Å². The Morgan fingerprint density at radius 3 is 2.03 bits per heavy atom.